The van der Waals surface area contributed by atoms with Gasteiger partial charge in [-0.05, 0) is 25.2 Å². The lowest BCUT2D eigenvalue weighted by Gasteiger charge is -2.32. The fraction of sp³-hybridized carbons (Fsp3) is 0.500. The Bertz CT molecular complexity index is 617. The number of Topliss-reactive ketones (excluding diaryl/α,β-unsaturated/α-hetero) is 1. The predicted molar refractivity (Wildman–Crippen MR) is 93.1 cm³/mol. The topological polar surface area (TPSA) is 63.7 Å². The molecule has 1 aliphatic heterocycles. The van der Waals surface area contributed by atoms with Crippen molar-refractivity contribution in [2.45, 2.75) is 30.6 Å². The van der Waals surface area contributed by atoms with Crippen molar-refractivity contribution in [2.24, 2.45) is 5.92 Å². The van der Waals surface area contributed by atoms with Crippen LogP contribution in [-0.2, 0) is 14.3 Å². The molecular weight excluding hydrogens is 326 g/mol. The molecule has 0 aliphatic carbocycles. The molecule has 0 N–H and O–H groups in total. The van der Waals surface area contributed by atoms with E-state index in [0.717, 1.165) is 23.3 Å². The molecule has 1 saturated heterocycles. The first-order chi connectivity index (χ1) is 11.6. The summed E-state index contributed by atoms with van der Waals surface area (Å²) in [6, 6.07) is 7.59. The highest BCUT2D eigenvalue weighted by atomic mass is 32.2. The molecule has 1 amide bonds. The van der Waals surface area contributed by atoms with Gasteiger partial charge in [0.05, 0.1) is 13.5 Å². The van der Waals surface area contributed by atoms with Crippen molar-refractivity contribution in [3.8, 4) is 0 Å². The predicted octanol–water partition coefficient (Wildman–Crippen LogP) is 2.78. The highest BCUT2D eigenvalue weighted by Crippen LogP contribution is 2.27. The molecule has 2 rings (SSSR count). The van der Waals surface area contributed by atoms with Crippen LogP contribution in [0.15, 0.2) is 29.2 Å². The maximum atomic E-state index is 12.8. The van der Waals surface area contributed by atoms with Crippen LogP contribution in [0, 0.1) is 5.92 Å². The molecule has 1 fully saturated rings. The van der Waals surface area contributed by atoms with Crippen molar-refractivity contribution in [1.29, 1.82) is 0 Å². The Balaban J connectivity index is 2.01. The number of carbonyl (C=O) groups excluding carboxylic acids is 3. The van der Waals surface area contributed by atoms with E-state index >= 15 is 0 Å². The Morgan fingerprint density at radius 2 is 2.00 bits per heavy atom. The van der Waals surface area contributed by atoms with Crippen LogP contribution in [0.5, 0.6) is 0 Å². The largest absolute Gasteiger partial charge is 0.469 e. The van der Waals surface area contributed by atoms with Crippen molar-refractivity contribution in [3.05, 3.63) is 29.8 Å². The molecule has 0 unspecified atom stereocenters. The zero-order chi connectivity index (χ0) is 17.5. The number of benzene rings is 1. The highest BCUT2D eigenvalue weighted by Gasteiger charge is 2.29. The third kappa shape index (κ3) is 4.60. The van der Waals surface area contributed by atoms with Gasteiger partial charge in [-0.15, -0.1) is 11.8 Å². The minimum absolute atomic E-state index is 0.0831. The van der Waals surface area contributed by atoms with Gasteiger partial charge in [0.25, 0.3) is 0 Å². The fourth-order valence-corrected chi connectivity index (χ4v) is 3.56. The maximum Gasteiger partial charge on any atom is 0.306 e. The van der Waals surface area contributed by atoms with E-state index in [1.54, 1.807) is 16.7 Å². The minimum Gasteiger partial charge on any atom is -0.469 e. The molecule has 0 aromatic heterocycles. The van der Waals surface area contributed by atoms with Gasteiger partial charge in [-0.2, -0.15) is 0 Å². The van der Waals surface area contributed by atoms with E-state index in [-0.39, 0.29) is 36.4 Å². The van der Waals surface area contributed by atoms with Gasteiger partial charge in [0.2, 0.25) is 5.91 Å². The summed E-state index contributed by atoms with van der Waals surface area (Å²) >= 11 is 1.56. The Morgan fingerprint density at radius 1 is 1.25 bits per heavy atom. The molecule has 130 valence electrons. The number of nitrogens with zero attached hydrogens (tertiary/aromatic N) is 1. The molecule has 1 aromatic carbocycles. The molecule has 6 heteroatoms. The van der Waals surface area contributed by atoms with Gasteiger partial charge in [-0.3, -0.25) is 14.4 Å². The van der Waals surface area contributed by atoms with E-state index in [2.05, 4.69) is 4.74 Å². The molecule has 0 bridgehead atoms. The summed E-state index contributed by atoms with van der Waals surface area (Å²) in [6.07, 6.45) is 3.77. The van der Waals surface area contributed by atoms with Crippen LogP contribution >= 0.6 is 11.8 Å². The number of ether oxygens (including phenoxy) is 1. The first-order valence-corrected chi connectivity index (χ1v) is 9.31. The third-order valence-corrected chi connectivity index (χ3v) is 5.08. The van der Waals surface area contributed by atoms with Gasteiger partial charge in [0.1, 0.15) is 0 Å². The summed E-state index contributed by atoms with van der Waals surface area (Å²) in [5.41, 5.74) is 0.735. The Morgan fingerprint density at radius 3 is 2.71 bits per heavy atom. The number of thioether (sulfide) groups is 1. The van der Waals surface area contributed by atoms with Crippen LogP contribution in [-0.4, -0.2) is 49.0 Å². The number of likely N-dealkylation sites (tertiary alicyclic amines) is 1. The molecule has 5 nitrogen and oxygen atoms in total. The van der Waals surface area contributed by atoms with Crippen molar-refractivity contribution in [2.75, 3.05) is 26.5 Å². The quantitative estimate of drug-likeness (QED) is 0.449. The minimum atomic E-state index is -0.387. The average molecular weight is 349 g/mol. The fourth-order valence-electron chi connectivity index (χ4n) is 2.95. The van der Waals surface area contributed by atoms with Gasteiger partial charge in [-0.25, -0.2) is 0 Å². The summed E-state index contributed by atoms with van der Waals surface area (Å²) < 4.78 is 4.56. The zero-order valence-corrected chi connectivity index (χ0v) is 14.9. The van der Waals surface area contributed by atoms with Gasteiger partial charge in [0, 0.05) is 35.9 Å². The lowest BCUT2D eigenvalue weighted by molar-refractivity contribution is -0.144. The molecule has 0 saturated carbocycles. The number of hydrogen-bond acceptors (Lipinski definition) is 5. The zero-order valence-electron chi connectivity index (χ0n) is 14.1. The van der Waals surface area contributed by atoms with Crippen LogP contribution in [0.1, 0.15) is 36.0 Å². The van der Waals surface area contributed by atoms with E-state index in [9.17, 15) is 14.4 Å². The van der Waals surface area contributed by atoms with Crippen LogP contribution in [0.4, 0.5) is 0 Å². The summed E-state index contributed by atoms with van der Waals surface area (Å²) in [4.78, 5) is 38.9. The molecule has 1 heterocycles. The first-order valence-electron chi connectivity index (χ1n) is 8.08. The standard InChI is InChI=1S/C18H23NO4S/c1-23-17(21)10-9-16(20)19-11-5-6-13(12-19)18(22)14-7-3-4-8-15(14)24-2/h3-4,7-8,13H,5-6,9-12H2,1-2H3/t13-/m0/s1. The second-order valence-corrected chi connectivity index (χ2v) is 6.67. The number of esters is 1. The second-order valence-electron chi connectivity index (χ2n) is 5.82. The molecule has 0 radical (unpaired) electrons. The molecule has 1 aromatic rings. The van der Waals surface area contributed by atoms with Gasteiger partial charge >= 0.3 is 5.97 Å². The molecule has 1 aliphatic rings. The van der Waals surface area contributed by atoms with Crippen molar-refractivity contribution in [1.82, 2.24) is 4.90 Å². The Hall–Kier alpha value is -1.82. The van der Waals surface area contributed by atoms with Gasteiger partial charge in [0.15, 0.2) is 5.78 Å². The molecule has 24 heavy (non-hydrogen) atoms. The molecule has 1 atom stereocenters. The number of ketones is 1. The van der Waals surface area contributed by atoms with Gasteiger partial charge < -0.3 is 9.64 Å². The van der Waals surface area contributed by atoms with Gasteiger partial charge in [-0.1, -0.05) is 18.2 Å². The first kappa shape index (κ1) is 18.5. The normalized spacial score (nSPS) is 17.4. The summed E-state index contributed by atoms with van der Waals surface area (Å²) in [5, 5.41) is 0. The van der Waals surface area contributed by atoms with E-state index in [0.29, 0.717) is 13.1 Å². The van der Waals surface area contributed by atoms with Crippen LogP contribution in [0.2, 0.25) is 0 Å². The van der Waals surface area contributed by atoms with Crippen molar-refractivity contribution < 1.29 is 19.1 Å². The molecule has 0 spiro atoms. The van der Waals surface area contributed by atoms with Crippen LogP contribution in [0.3, 0.4) is 0 Å². The van der Waals surface area contributed by atoms with Crippen molar-refractivity contribution >= 4 is 29.4 Å². The molecular formula is C18H23NO4S. The second kappa shape index (κ2) is 8.87. The lowest BCUT2D eigenvalue weighted by atomic mass is 9.89. The Kier molecular flexibility index (Phi) is 6.85. The lowest BCUT2D eigenvalue weighted by Crippen LogP contribution is -2.42. The smallest absolute Gasteiger partial charge is 0.306 e. The number of hydrogen-bond donors (Lipinski definition) is 0. The Labute approximate surface area is 146 Å². The summed E-state index contributed by atoms with van der Waals surface area (Å²) in [6.45, 7) is 1.08. The maximum absolute atomic E-state index is 12.8. The van der Waals surface area contributed by atoms with Crippen LogP contribution in [0.25, 0.3) is 0 Å². The van der Waals surface area contributed by atoms with E-state index in [1.807, 2.05) is 30.5 Å². The number of carbonyl (C=O) groups is 3. The van der Waals surface area contributed by atoms with Crippen LogP contribution < -0.4 is 0 Å². The van der Waals surface area contributed by atoms with Crippen molar-refractivity contribution in [3.63, 3.8) is 0 Å². The average Bonchev–Trinajstić information content (AvgIpc) is 2.65. The number of amides is 1. The monoisotopic (exact) mass is 349 g/mol. The third-order valence-electron chi connectivity index (χ3n) is 4.29. The van der Waals surface area contributed by atoms with E-state index in [1.165, 1.54) is 7.11 Å². The SMILES string of the molecule is COC(=O)CCC(=O)N1CCC[C@H](C(=O)c2ccccc2SC)C1. The van der Waals surface area contributed by atoms with E-state index in [4.69, 9.17) is 0 Å². The highest BCUT2D eigenvalue weighted by molar-refractivity contribution is 7.98. The summed E-state index contributed by atoms with van der Waals surface area (Å²) in [5.74, 6) is -0.544. The summed E-state index contributed by atoms with van der Waals surface area (Å²) in [7, 11) is 1.31. The number of piperidine rings is 1. The number of methoxy groups -OCH3 is 1. The number of rotatable bonds is 6. The van der Waals surface area contributed by atoms with E-state index < -0.39 is 0 Å².